The first kappa shape index (κ1) is 11.1. The molecule has 2 rings (SSSR count). The molecule has 0 atom stereocenters. The van der Waals surface area contributed by atoms with E-state index in [-0.39, 0.29) is 23.8 Å². The lowest BCUT2D eigenvalue weighted by atomic mass is 9.72. The monoisotopic (exact) mass is 222 g/mol. The van der Waals surface area contributed by atoms with Crippen molar-refractivity contribution in [1.82, 2.24) is 5.32 Å². The van der Waals surface area contributed by atoms with Crippen LogP contribution in [0.15, 0.2) is 24.3 Å². The van der Waals surface area contributed by atoms with Gasteiger partial charge in [0, 0.05) is 0 Å². The minimum atomic E-state index is -0.315. The van der Waals surface area contributed by atoms with Crippen molar-refractivity contribution in [1.29, 1.82) is 0 Å². The average Bonchev–Trinajstić information content (AvgIpc) is 2.24. The van der Waals surface area contributed by atoms with Crippen LogP contribution in [0, 0.1) is 5.82 Å². The van der Waals surface area contributed by atoms with Crippen molar-refractivity contribution in [2.75, 3.05) is 6.54 Å². The summed E-state index contributed by atoms with van der Waals surface area (Å²) in [5.74, 6) is -0.424. The fraction of sp³-hybridized carbons (Fsp3) is 0.417. The van der Waals surface area contributed by atoms with Crippen LogP contribution in [0.1, 0.15) is 24.8 Å². The maximum Gasteiger partial charge on any atom is 0.234 e. The van der Waals surface area contributed by atoms with Gasteiger partial charge in [0.2, 0.25) is 5.91 Å². The third kappa shape index (κ3) is 1.93. The summed E-state index contributed by atoms with van der Waals surface area (Å²) >= 11 is 0. The molecule has 1 aromatic carbocycles. The molecule has 3 N–H and O–H groups in total. The van der Waals surface area contributed by atoms with Gasteiger partial charge in [-0.3, -0.25) is 4.79 Å². The molecule has 0 radical (unpaired) electrons. The number of nitrogens with one attached hydrogen (secondary N) is 1. The van der Waals surface area contributed by atoms with Crippen molar-refractivity contribution < 1.29 is 9.18 Å². The topological polar surface area (TPSA) is 55.1 Å². The van der Waals surface area contributed by atoms with Gasteiger partial charge in [-0.2, -0.15) is 0 Å². The van der Waals surface area contributed by atoms with E-state index in [0.29, 0.717) is 0 Å². The van der Waals surface area contributed by atoms with Crippen molar-refractivity contribution >= 4 is 5.91 Å². The summed E-state index contributed by atoms with van der Waals surface area (Å²) < 4.78 is 12.8. The van der Waals surface area contributed by atoms with Crippen molar-refractivity contribution in [2.45, 2.75) is 24.8 Å². The van der Waals surface area contributed by atoms with Crippen molar-refractivity contribution in [2.24, 2.45) is 5.73 Å². The van der Waals surface area contributed by atoms with E-state index in [4.69, 9.17) is 5.73 Å². The predicted molar refractivity (Wildman–Crippen MR) is 59.1 cm³/mol. The van der Waals surface area contributed by atoms with Crippen LogP contribution in [0.3, 0.4) is 0 Å². The number of halogens is 1. The molecule has 0 bridgehead atoms. The van der Waals surface area contributed by atoms with Gasteiger partial charge < -0.3 is 11.1 Å². The number of hydrogen-bond acceptors (Lipinski definition) is 2. The summed E-state index contributed by atoms with van der Waals surface area (Å²) in [5.41, 5.74) is 5.93. The van der Waals surface area contributed by atoms with E-state index in [9.17, 15) is 9.18 Å². The van der Waals surface area contributed by atoms with Crippen LogP contribution in [0.2, 0.25) is 0 Å². The van der Waals surface area contributed by atoms with Gasteiger partial charge in [0.1, 0.15) is 5.82 Å². The third-order valence-corrected chi connectivity index (χ3v) is 3.17. The Labute approximate surface area is 93.8 Å². The van der Waals surface area contributed by atoms with Crippen LogP contribution >= 0.6 is 0 Å². The molecule has 86 valence electrons. The molecule has 16 heavy (non-hydrogen) atoms. The fourth-order valence-electron chi connectivity index (χ4n) is 2.10. The molecule has 0 spiro atoms. The Morgan fingerprint density at radius 2 is 2.00 bits per heavy atom. The molecule has 0 aromatic heterocycles. The smallest absolute Gasteiger partial charge is 0.234 e. The summed E-state index contributed by atoms with van der Waals surface area (Å²) in [7, 11) is 0. The fourth-order valence-corrected chi connectivity index (χ4v) is 2.10. The molecule has 1 aliphatic rings. The molecule has 3 nitrogen and oxygen atoms in total. The van der Waals surface area contributed by atoms with E-state index < -0.39 is 0 Å². The van der Waals surface area contributed by atoms with Crippen molar-refractivity contribution in [3.8, 4) is 0 Å². The third-order valence-electron chi connectivity index (χ3n) is 3.17. The Kier molecular flexibility index (Phi) is 2.92. The Morgan fingerprint density at radius 3 is 2.44 bits per heavy atom. The molecule has 1 aliphatic carbocycles. The molecule has 0 saturated heterocycles. The first-order valence-corrected chi connectivity index (χ1v) is 5.43. The van der Waals surface area contributed by atoms with Gasteiger partial charge in [-0.05, 0) is 37.0 Å². The molecule has 1 saturated carbocycles. The molecule has 1 amide bonds. The minimum Gasteiger partial charge on any atom is -0.345 e. The van der Waals surface area contributed by atoms with Crippen molar-refractivity contribution in [3.05, 3.63) is 35.6 Å². The Hall–Kier alpha value is -1.42. The molecule has 4 heteroatoms. The van der Waals surface area contributed by atoms with Crippen LogP contribution in [-0.4, -0.2) is 12.5 Å². The van der Waals surface area contributed by atoms with Crippen molar-refractivity contribution in [3.63, 3.8) is 0 Å². The molecule has 0 heterocycles. The van der Waals surface area contributed by atoms with Gasteiger partial charge in [0.25, 0.3) is 0 Å². The molecule has 0 aliphatic heterocycles. The maximum absolute atomic E-state index is 12.8. The van der Waals surface area contributed by atoms with Gasteiger partial charge >= 0.3 is 0 Å². The highest BCUT2D eigenvalue weighted by Crippen LogP contribution is 2.41. The largest absolute Gasteiger partial charge is 0.345 e. The van der Waals surface area contributed by atoms with E-state index in [0.717, 1.165) is 24.8 Å². The zero-order chi connectivity index (χ0) is 11.6. The van der Waals surface area contributed by atoms with Crippen LogP contribution in [0.4, 0.5) is 4.39 Å². The minimum absolute atomic E-state index is 0.0110. The first-order valence-electron chi connectivity index (χ1n) is 5.43. The van der Waals surface area contributed by atoms with E-state index in [2.05, 4.69) is 5.32 Å². The highest BCUT2D eigenvalue weighted by Gasteiger charge is 2.39. The lowest BCUT2D eigenvalue weighted by Gasteiger charge is -2.43. The lowest BCUT2D eigenvalue weighted by Crippen LogP contribution is -2.52. The molecular formula is C12H15FN2O. The van der Waals surface area contributed by atoms with Gasteiger partial charge in [0.05, 0.1) is 12.1 Å². The highest BCUT2D eigenvalue weighted by atomic mass is 19.1. The highest BCUT2D eigenvalue weighted by molar-refractivity contribution is 5.79. The normalized spacial score (nSPS) is 17.6. The van der Waals surface area contributed by atoms with Gasteiger partial charge in [-0.1, -0.05) is 12.1 Å². The maximum atomic E-state index is 12.8. The Morgan fingerprint density at radius 1 is 1.38 bits per heavy atom. The summed E-state index contributed by atoms with van der Waals surface area (Å²) in [4.78, 5) is 11.4. The summed E-state index contributed by atoms with van der Waals surface area (Å²) in [6, 6.07) is 6.30. The van der Waals surface area contributed by atoms with E-state index in [1.165, 1.54) is 12.1 Å². The zero-order valence-corrected chi connectivity index (χ0v) is 9.00. The number of carbonyl (C=O) groups excluding carboxylic acids is 1. The molecule has 0 unspecified atom stereocenters. The zero-order valence-electron chi connectivity index (χ0n) is 9.00. The standard InChI is InChI=1S/C12H15FN2O/c13-10-4-2-9(3-5-10)12(6-1-7-12)15-11(16)8-14/h2-5H,1,6-8,14H2,(H,15,16). The van der Waals surface area contributed by atoms with Gasteiger partial charge in [-0.15, -0.1) is 0 Å². The number of carbonyl (C=O) groups is 1. The van der Waals surface area contributed by atoms with Crippen LogP contribution < -0.4 is 11.1 Å². The summed E-state index contributed by atoms with van der Waals surface area (Å²) in [5, 5.41) is 2.93. The number of rotatable bonds is 3. The Balaban J connectivity index is 2.21. The molecule has 1 fully saturated rings. The quantitative estimate of drug-likeness (QED) is 0.809. The second kappa shape index (κ2) is 4.22. The number of nitrogens with two attached hydrogens (primary N) is 1. The van der Waals surface area contributed by atoms with Crippen LogP contribution in [0.25, 0.3) is 0 Å². The van der Waals surface area contributed by atoms with Gasteiger partial charge in [-0.25, -0.2) is 4.39 Å². The summed E-state index contributed by atoms with van der Waals surface area (Å²) in [6.07, 6.45) is 2.86. The number of amides is 1. The van der Waals surface area contributed by atoms with E-state index in [1.807, 2.05) is 0 Å². The van der Waals surface area contributed by atoms with E-state index >= 15 is 0 Å². The Bertz CT molecular complexity index is 385. The van der Waals surface area contributed by atoms with Gasteiger partial charge in [0.15, 0.2) is 0 Å². The average molecular weight is 222 g/mol. The molecule has 1 aromatic rings. The summed E-state index contributed by atoms with van der Waals surface area (Å²) in [6.45, 7) is -0.0110. The first-order chi connectivity index (χ1) is 7.66. The van der Waals surface area contributed by atoms with E-state index in [1.54, 1.807) is 12.1 Å². The second-order valence-electron chi connectivity index (χ2n) is 4.19. The lowest BCUT2D eigenvalue weighted by molar-refractivity contribution is -0.122. The number of benzene rings is 1. The SMILES string of the molecule is NCC(=O)NC1(c2ccc(F)cc2)CCC1. The van der Waals surface area contributed by atoms with Crippen LogP contribution in [0.5, 0.6) is 0 Å². The molecular weight excluding hydrogens is 207 g/mol. The second-order valence-corrected chi connectivity index (χ2v) is 4.19. The van der Waals surface area contributed by atoms with Crippen LogP contribution in [-0.2, 0) is 10.3 Å². The number of hydrogen-bond donors (Lipinski definition) is 2. The predicted octanol–water partition coefficient (Wildman–Crippen LogP) is 1.28.